The highest BCUT2D eigenvalue weighted by molar-refractivity contribution is 6.01. The first-order valence-electron chi connectivity index (χ1n) is 6.45. The van der Waals surface area contributed by atoms with E-state index in [1.54, 1.807) is 0 Å². The van der Waals surface area contributed by atoms with E-state index in [0.29, 0.717) is 0 Å². The Kier molecular flexibility index (Phi) is 3.03. The standard InChI is InChI=1S/C16H16N2O/c1-11-8-14(9-12(2)17-11)15-10-16(19-18-15)13-6-4-3-5-7-13/h3-9,16H,10H2,1-2H3. The Morgan fingerprint density at radius 2 is 1.74 bits per heavy atom. The molecule has 0 fully saturated rings. The van der Waals surface area contributed by atoms with Crippen molar-refractivity contribution in [2.45, 2.75) is 26.4 Å². The minimum Gasteiger partial charge on any atom is -0.387 e. The first-order chi connectivity index (χ1) is 9.22. The fourth-order valence-corrected chi connectivity index (χ4v) is 2.40. The lowest BCUT2D eigenvalue weighted by atomic mass is 10.00. The highest BCUT2D eigenvalue weighted by atomic mass is 16.6. The van der Waals surface area contributed by atoms with E-state index in [4.69, 9.17) is 4.84 Å². The van der Waals surface area contributed by atoms with Gasteiger partial charge >= 0.3 is 0 Å². The largest absolute Gasteiger partial charge is 0.387 e. The summed E-state index contributed by atoms with van der Waals surface area (Å²) in [6.07, 6.45) is 0.845. The summed E-state index contributed by atoms with van der Waals surface area (Å²) in [5.74, 6) is 0. The van der Waals surface area contributed by atoms with Crippen molar-refractivity contribution in [3.05, 3.63) is 65.0 Å². The van der Waals surface area contributed by atoms with Gasteiger partial charge in [0.2, 0.25) is 0 Å². The molecule has 19 heavy (non-hydrogen) atoms. The van der Waals surface area contributed by atoms with Crippen LogP contribution in [-0.2, 0) is 4.84 Å². The van der Waals surface area contributed by atoms with Crippen molar-refractivity contribution in [3.8, 4) is 0 Å². The molecule has 1 aliphatic rings. The predicted octanol–water partition coefficient (Wildman–Crippen LogP) is 3.56. The van der Waals surface area contributed by atoms with Crippen LogP contribution in [0, 0.1) is 13.8 Å². The molecule has 3 rings (SSSR count). The summed E-state index contributed by atoms with van der Waals surface area (Å²) in [6.45, 7) is 4.00. The molecule has 96 valence electrons. The first-order valence-corrected chi connectivity index (χ1v) is 6.45. The summed E-state index contributed by atoms with van der Waals surface area (Å²) in [7, 11) is 0. The van der Waals surface area contributed by atoms with E-state index in [0.717, 1.165) is 29.1 Å². The van der Waals surface area contributed by atoms with Crippen LogP contribution in [0.2, 0.25) is 0 Å². The molecule has 3 nitrogen and oxygen atoms in total. The molecule has 0 saturated heterocycles. The van der Waals surface area contributed by atoms with E-state index in [-0.39, 0.29) is 6.10 Å². The highest BCUT2D eigenvalue weighted by Gasteiger charge is 2.23. The van der Waals surface area contributed by atoms with Crippen molar-refractivity contribution >= 4 is 5.71 Å². The molecule has 2 heterocycles. The summed E-state index contributed by atoms with van der Waals surface area (Å²) in [5.41, 5.74) is 5.32. The Morgan fingerprint density at radius 3 is 2.42 bits per heavy atom. The third-order valence-corrected chi connectivity index (χ3v) is 3.25. The van der Waals surface area contributed by atoms with Gasteiger partial charge in [0.15, 0.2) is 6.10 Å². The van der Waals surface area contributed by atoms with E-state index in [1.165, 1.54) is 5.56 Å². The topological polar surface area (TPSA) is 34.5 Å². The minimum absolute atomic E-state index is 0.0324. The van der Waals surface area contributed by atoms with Crippen molar-refractivity contribution < 1.29 is 4.84 Å². The molecule has 3 heteroatoms. The maximum absolute atomic E-state index is 5.55. The molecule has 1 atom stereocenters. The summed E-state index contributed by atoms with van der Waals surface area (Å²) in [6, 6.07) is 14.3. The molecule has 1 aromatic heterocycles. The molecule has 0 saturated carbocycles. The Balaban J connectivity index is 1.82. The van der Waals surface area contributed by atoms with Gasteiger partial charge in [-0.2, -0.15) is 0 Å². The smallest absolute Gasteiger partial charge is 0.158 e. The lowest BCUT2D eigenvalue weighted by Crippen LogP contribution is -2.03. The zero-order chi connectivity index (χ0) is 13.2. The van der Waals surface area contributed by atoms with E-state index in [2.05, 4.69) is 34.4 Å². The molecule has 1 aliphatic heterocycles. The van der Waals surface area contributed by atoms with Crippen LogP contribution in [0.5, 0.6) is 0 Å². The molecule has 0 aliphatic carbocycles. The number of hydrogen-bond acceptors (Lipinski definition) is 3. The van der Waals surface area contributed by atoms with Gasteiger partial charge in [-0.1, -0.05) is 35.5 Å². The van der Waals surface area contributed by atoms with Gasteiger partial charge in [-0.3, -0.25) is 4.98 Å². The number of rotatable bonds is 2. The van der Waals surface area contributed by atoms with Crippen molar-refractivity contribution in [1.82, 2.24) is 4.98 Å². The van der Waals surface area contributed by atoms with Crippen molar-refractivity contribution in [2.75, 3.05) is 0 Å². The van der Waals surface area contributed by atoms with Gasteiger partial charge in [0.25, 0.3) is 0 Å². The van der Waals surface area contributed by atoms with E-state index in [1.807, 2.05) is 32.0 Å². The predicted molar refractivity (Wildman–Crippen MR) is 75.1 cm³/mol. The molecule has 1 unspecified atom stereocenters. The lowest BCUT2D eigenvalue weighted by molar-refractivity contribution is 0.0857. The third kappa shape index (κ3) is 2.50. The van der Waals surface area contributed by atoms with Crippen LogP contribution >= 0.6 is 0 Å². The Morgan fingerprint density at radius 1 is 1.05 bits per heavy atom. The van der Waals surface area contributed by atoms with Gasteiger partial charge in [0, 0.05) is 23.4 Å². The maximum Gasteiger partial charge on any atom is 0.158 e. The second-order valence-corrected chi connectivity index (χ2v) is 4.89. The normalized spacial score (nSPS) is 18.0. The molecular weight excluding hydrogens is 236 g/mol. The fourth-order valence-electron chi connectivity index (χ4n) is 2.40. The number of oxime groups is 1. The van der Waals surface area contributed by atoms with Gasteiger partial charge in [0.1, 0.15) is 0 Å². The van der Waals surface area contributed by atoms with Crippen LogP contribution < -0.4 is 0 Å². The number of aromatic nitrogens is 1. The Bertz CT molecular complexity index is 600. The summed E-state index contributed by atoms with van der Waals surface area (Å²) < 4.78 is 0. The van der Waals surface area contributed by atoms with E-state index < -0.39 is 0 Å². The zero-order valence-corrected chi connectivity index (χ0v) is 11.1. The van der Waals surface area contributed by atoms with Crippen molar-refractivity contribution in [3.63, 3.8) is 0 Å². The number of benzene rings is 1. The van der Waals surface area contributed by atoms with Crippen LogP contribution in [0.3, 0.4) is 0 Å². The van der Waals surface area contributed by atoms with Gasteiger partial charge in [-0.15, -0.1) is 0 Å². The average Bonchev–Trinajstić information content (AvgIpc) is 2.88. The second-order valence-electron chi connectivity index (χ2n) is 4.89. The summed E-state index contributed by atoms with van der Waals surface area (Å²) in [4.78, 5) is 9.94. The van der Waals surface area contributed by atoms with Crippen LogP contribution in [0.15, 0.2) is 47.6 Å². The molecular formula is C16H16N2O. The van der Waals surface area contributed by atoms with Gasteiger partial charge in [-0.05, 0) is 31.5 Å². The monoisotopic (exact) mass is 252 g/mol. The number of hydrogen-bond donors (Lipinski definition) is 0. The maximum atomic E-state index is 5.55. The second kappa shape index (κ2) is 4.84. The quantitative estimate of drug-likeness (QED) is 0.819. The Hall–Kier alpha value is -2.16. The van der Waals surface area contributed by atoms with Crippen LogP contribution in [0.1, 0.15) is 35.0 Å². The SMILES string of the molecule is Cc1cc(C2=NOC(c3ccccc3)C2)cc(C)n1. The summed E-state index contributed by atoms with van der Waals surface area (Å²) in [5, 5.41) is 4.23. The van der Waals surface area contributed by atoms with Crippen LogP contribution in [0.25, 0.3) is 0 Å². The molecule has 0 bridgehead atoms. The highest BCUT2D eigenvalue weighted by Crippen LogP contribution is 2.29. The van der Waals surface area contributed by atoms with Crippen LogP contribution in [0.4, 0.5) is 0 Å². The fraction of sp³-hybridized carbons (Fsp3) is 0.250. The van der Waals surface area contributed by atoms with Gasteiger partial charge in [-0.25, -0.2) is 0 Å². The third-order valence-electron chi connectivity index (χ3n) is 3.25. The average molecular weight is 252 g/mol. The number of pyridine rings is 1. The molecule has 1 aromatic carbocycles. The van der Waals surface area contributed by atoms with Crippen molar-refractivity contribution in [2.24, 2.45) is 5.16 Å². The zero-order valence-electron chi connectivity index (χ0n) is 11.1. The first kappa shape index (κ1) is 11.9. The molecule has 0 spiro atoms. The van der Waals surface area contributed by atoms with E-state index >= 15 is 0 Å². The van der Waals surface area contributed by atoms with Crippen LogP contribution in [-0.4, -0.2) is 10.7 Å². The van der Waals surface area contributed by atoms with Crippen molar-refractivity contribution in [1.29, 1.82) is 0 Å². The molecule has 0 amide bonds. The Labute approximate surface area is 112 Å². The number of aryl methyl sites for hydroxylation is 2. The molecule has 2 aromatic rings. The molecule has 0 radical (unpaired) electrons. The van der Waals surface area contributed by atoms with Gasteiger partial charge < -0.3 is 4.84 Å². The summed E-state index contributed by atoms with van der Waals surface area (Å²) >= 11 is 0. The minimum atomic E-state index is 0.0324. The van der Waals surface area contributed by atoms with E-state index in [9.17, 15) is 0 Å². The molecule has 0 N–H and O–H groups in total. The lowest BCUT2D eigenvalue weighted by Gasteiger charge is -2.07. The van der Waals surface area contributed by atoms with Gasteiger partial charge in [0.05, 0.1) is 5.71 Å². The number of nitrogens with zero attached hydrogens (tertiary/aromatic N) is 2.